The van der Waals surface area contributed by atoms with E-state index < -0.39 is 0 Å². The number of aromatic nitrogens is 6. The topological polar surface area (TPSA) is 228 Å². The van der Waals surface area contributed by atoms with Crippen molar-refractivity contribution in [3.8, 4) is 79.6 Å². The zero-order valence-electron chi connectivity index (χ0n) is 58.8. The van der Waals surface area contributed by atoms with Gasteiger partial charge in [0, 0.05) is 53.1 Å². The summed E-state index contributed by atoms with van der Waals surface area (Å²) in [4.78, 5) is 64.1. The molecule has 15 rings (SSSR count). The second kappa shape index (κ2) is 33.0. The van der Waals surface area contributed by atoms with Crippen LogP contribution in [0.15, 0.2) is 208 Å². The molecule has 0 saturated heterocycles. The van der Waals surface area contributed by atoms with Gasteiger partial charge in [-0.2, -0.15) is 0 Å². The average Bonchev–Trinajstić information content (AvgIpc) is 1.64. The van der Waals surface area contributed by atoms with Crippen LogP contribution in [0.25, 0.3) is 68.1 Å². The Labute approximate surface area is 605 Å². The lowest BCUT2D eigenvalue weighted by Gasteiger charge is -2.24. The van der Waals surface area contributed by atoms with Crippen LogP contribution in [-0.2, 0) is 4.79 Å². The minimum absolute atomic E-state index is 0.164. The molecule has 0 aliphatic heterocycles. The van der Waals surface area contributed by atoms with E-state index in [0.29, 0.717) is 86.7 Å². The van der Waals surface area contributed by atoms with Gasteiger partial charge >= 0.3 is 0 Å². The minimum atomic E-state index is -0.388. The molecule has 4 N–H and O–H groups in total. The number of nitrogens with one attached hydrogen (secondary N) is 4. The summed E-state index contributed by atoms with van der Waals surface area (Å²) in [5.41, 5.74) is 10.2. The number of hydrogen-bond donors (Lipinski definition) is 4. The first-order valence-electron chi connectivity index (χ1n) is 35.5. The third-order valence-electron chi connectivity index (χ3n) is 19.2. The molecule has 105 heavy (non-hydrogen) atoms. The molecule has 3 saturated carbocycles. The SMILES string of the molecule is CC(=O)Nc1ccc(NC(=O)c2ccc(-c3c(-c4ccc(F)cc4)ncn3C3CCCCC3)o2)cc1.COc1ccc(C)cc1NC(=O)c1ccc(-c2c(-c3ccc(F)cc3)ncn2C2CCCCC2)o1.COc1ccccc1NC(=O)c1ccc(-c2c(-c3ccc(F)cc3)ncn2C2CCCCC2)o1. The van der Waals surface area contributed by atoms with Crippen molar-refractivity contribution in [2.75, 3.05) is 35.5 Å². The standard InChI is InChI=1S/C28H27FN4O3.C28H28FN3O3.C27H26FN3O3/c1-18(34)31-21-11-13-22(14-12-21)32-28(35)25-16-15-24(36-25)27-26(19-7-9-20(29)10-8-19)30-17-33(27)23-5-3-2-4-6-23;1-18-8-13-23(34-2)22(16-18)31-28(33)25-15-14-24(35-25)27-26(19-9-11-20(29)12-10-19)30-17-32(27)21-6-4-3-5-7-21;1-33-22-10-6-5-9-21(22)30-27(32)24-16-15-23(34-24)26-25(18-11-13-19(28)14-12-18)29-17-31(26)20-7-3-2-4-8-20/h7-17,23H,2-6H2,1H3,(H,31,34)(H,32,35);8-17,21H,3-7H2,1-2H3,(H,31,33);5-6,9-17,20H,2-4,7-8H2,1H3,(H,30,32). The Morgan fingerprint density at radius 3 is 1.11 bits per heavy atom. The van der Waals surface area contributed by atoms with Crippen LogP contribution in [0, 0.1) is 24.4 Å². The number of carbonyl (C=O) groups is 4. The first kappa shape index (κ1) is 71.5. The van der Waals surface area contributed by atoms with Crippen molar-refractivity contribution in [3.05, 3.63) is 235 Å². The summed E-state index contributed by atoms with van der Waals surface area (Å²) in [7, 11) is 3.12. The van der Waals surface area contributed by atoms with E-state index in [4.69, 9.17) is 22.7 Å². The highest BCUT2D eigenvalue weighted by Gasteiger charge is 2.30. The van der Waals surface area contributed by atoms with Gasteiger partial charge in [-0.3, -0.25) is 19.2 Å². The number of carbonyl (C=O) groups excluding carboxylic acids is 4. The summed E-state index contributed by atoms with van der Waals surface area (Å²) in [5, 5.41) is 11.2. The Bertz CT molecular complexity index is 4970. The lowest BCUT2D eigenvalue weighted by molar-refractivity contribution is -0.114. The lowest BCUT2D eigenvalue weighted by Crippen LogP contribution is -2.13. The fourth-order valence-corrected chi connectivity index (χ4v) is 14.0. The molecule has 0 spiro atoms. The van der Waals surface area contributed by atoms with Crippen LogP contribution in [-0.4, -0.2) is 66.5 Å². The first-order valence-corrected chi connectivity index (χ1v) is 35.5. The van der Waals surface area contributed by atoms with Gasteiger partial charge in [0.15, 0.2) is 34.6 Å². The first-order chi connectivity index (χ1) is 51.1. The van der Waals surface area contributed by atoms with Crippen molar-refractivity contribution in [3.63, 3.8) is 0 Å². The highest BCUT2D eigenvalue weighted by molar-refractivity contribution is 6.05. The molecule has 3 fully saturated rings. The van der Waals surface area contributed by atoms with E-state index in [1.807, 2.05) is 56.2 Å². The van der Waals surface area contributed by atoms with E-state index in [9.17, 15) is 32.3 Å². The van der Waals surface area contributed by atoms with E-state index in [-0.39, 0.29) is 58.4 Å². The van der Waals surface area contributed by atoms with Crippen LogP contribution in [0.5, 0.6) is 11.5 Å². The molecule has 3 aliphatic rings. The molecular weight excluding hydrogens is 1340 g/mol. The summed E-state index contributed by atoms with van der Waals surface area (Å²) in [6.45, 7) is 3.38. The third-order valence-corrected chi connectivity index (χ3v) is 19.2. The van der Waals surface area contributed by atoms with Gasteiger partial charge in [-0.1, -0.05) is 76.0 Å². The number of ether oxygens (including phenoxy) is 2. The van der Waals surface area contributed by atoms with E-state index in [1.54, 1.807) is 123 Å². The van der Waals surface area contributed by atoms with Crippen molar-refractivity contribution in [2.45, 2.75) is 128 Å². The van der Waals surface area contributed by atoms with Crippen LogP contribution in [0.2, 0.25) is 0 Å². The number of hydrogen-bond acceptors (Lipinski definition) is 12. The van der Waals surface area contributed by atoms with E-state index in [2.05, 4.69) is 49.9 Å². The maximum atomic E-state index is 13.6. The third kappa shape index (κ3) is 16.9. The molecule has 19 nitrogen and oxygen atoms in total. The number of rotatable bonds is 18. The summed E-state index contributed by atoms with van der Waals surface area (Å²) in [6, 6.07) is 49.7. The van der Waals surface area contributed by atoms with Crippen molar-refractivity contribution in [1.29, 1.82) is 0 Å². The smallest absolute Gasteiger partial charge is 0.291 e. The average molecular weight is 1420 g/mol. The summed E-state index contributed by atoms with van der Waals surface area (Å²) >= 11 is 0. The molecule has 12 aromatic rings. The Morgan fingerprint density at radius 1 is 0.400 bits per heavy atom. The number of furan rings is 3. The van der Waals surface area contributed by atoms with Crippen LogP contribution in [0.1, 0.15) is 159 Å². The maximum Gasteiger partial charge on any atom is 0.291 e. The molecule has 6 aromatic heterocycles. The van der Waals surface area contributed by atoms with E-state index in [0.717, 1.165) is 104 Å². The number of aryl methyl sites for hydroxylation is 1. The lowest BCUT2D eigenvalue weighted by atomic mass is 9.95. The summed E-state index contributed by atoms with van der Waals surface area (Å²) in [5.74, 6) is 1.10. The van der Waals surface area contributed by atoms with Crippen LogP contribution < -0.4 is 30.7 Å². The van der Waals surface area contributed by atoms with Gasteiger partial charge in [0.25, 0.3) is 17.7 Å². The number of methoxy groups -OCH3 is 2. The predicted octanol–water partition coefficient (Wildman–Crippen LogP) is 20.4. The second-order valence-electron chi connectivity index (χ2n) is 26.5. The Balaban J connectivity index is 0.000000140. The molecule has 22 heteroatoms. The quantitative estimate of drug-likeness (QED) is 0.0629. The van der Waals surface area contributed by atoms with Crippen molar-refractivity contribution in [2.24, 2.45) is 0 Å². The van der Waals surface area contributed by atoms with Crippen molar-refractivity contribution in [1.82, 2.24) is 28.7 Å². The number of benzene rings is 6. The summed E-state index contributed by atoms with van der Waals surface area (Å²) in [6.07, 6.45) is 22.5. The number of anilines is 4. The molecule has 0 atom stereocenters. The molecule has 538 valence electrons. The van der Waals surface area contributed by atoms with Gasteiger partial charge in [-0.15, -0.1) is 0 Å². The van der Waals surface area contributed by atoms with Gasteiger partial charge in [-0.25, -0.2) is 28.1 Å². The second-order valence-corrected chi connectivity index (χ2v) is 26.5. The predicted molar refractivity (Wildman–Crippen MR) is 398 cm³/mol. The number of nitrogens with zero attached hydrogens (tertiary/aromatic N) is 6. The van der Waals surface area contributed by atoms with Crippen LogP contribution in [0.4, 0.5) is 35.9 Å². The van der Waals surface area contributed by atoms with Gasteiger partial charge < -0.3 is 57.7 Å². The number of amides is 4. The highest BCUT2D eigenvalue weighted by atomic mass is 19.1. The summed E-state index contributed by atoms with van der Waals surface area (Å²) < 4.78 is 76.0. The fourth-order valence-electron chi connectivity index (χ4n) is 14.0. The zero-order valence-corrected chi connectivity index (χ0v) is 58.8. The van der Waals surface area contributed by atoms with Crippen molar-refractivity contribution < 1.29 is 55.1 Å². The van der Waals surface area contributed by atoms with Crippen LogP contribution >= 0.6 is 0 Å². The molecule has 0 unspecified atom stereocenters. The van der Waals surface area contributed by atoms with Crippen LogP contribution in [0.3, 0.4) is 0 Å². The molecule has 6 heterocycles. The van der Waals surface area contributed by atoms with Gasteiger partial charge in [0.05, 0.1) is 61.7 Å². The maximum absolute atomic E-state index is 13.6. The normalized spacial score (nSPS) is 14.1. The monoisotopic (exact) mass is 1420 g/mol. The largest absolute Gasteiger partial charge is 0.495 e. The number of imidazole rings is 3. The highest BCUT2D eigenvalue weighted by Crippen LogP contribution is 2.43. The Hall–Kier alpha value is -11.9. The molecular formula is C83H81F3N10O9. The zero-order chi connectivity index (χ0) is 72.9. The fraction of sp³-hybridized carbons (Fsp3) is 0.265. The van der Waals surface area contributed by atoms with Gasteiger partial charge in [0.1, 0.15) is 46.0 Å². The number of halogens is 3. The molecule has 6 aromatic carbocycles. The van der Waals surface area contributed by atoms with Gasteiger partial charge in [-0.05, 0) is 209 Å². The number of para-hydroxylation sites is 2. The molecule has 3 aliphatic carbocycles. The minimum Gasteiger partial charge on any atom is -0.495 e. The molecule has 0 radical (unpaired) electrons. The molecule has 4 amide bonds. The van der Waals surface area contributed by atoms with Crippen molar-refractivity contribution >= 4 is 46.4 Å². The van der Waals surface area contributed by atoms with Gasteiger partial charge in [0.2, 0.25) is 5.91 Å². The molecule has 0 bridgehead atoms. The van der Waals surface area contributed by atoms with E-state index in [1.165, 1.54) is 75.4 Å². The Morgan fingerprint density at radius 2 is 0.743 bits per heavy atom. The Kier molecular flexibility index (Phi) is 22.5. The van der Waals surface area contributed by atoms with E-state index >= 15 is 0 Å².